The first kappa shape index (κ1) is 12.6. The summed E-state index contributed by atoms with van der Waals surface area (Å²) in [5, 5.41) is 9.34. The molecule has 102 valence electrons. The Labute approximate surface area is 116 Å². The van der Waals surface area contributed by atoms with Crippen molar-refractivity contribution in [1.29, 1.82) is 0 Å². The minimum Gasteiger partial charge on any atom is -0.481 e. The van der Waals surface area contributed by atoms with Crippen molar-refractivity contribution in [2.24, 2.45) is 0 Å². The van der Waals surface area contributed by atoms with Gasteiger partial charge in [-0.15, -0.1) is 0 Å². The molecule has 5 heteroatoms. The molecule has 1 N–H and O–H groups in total. The second-order valence-electron chi connectivity index (χ2n) is 4.87. The zero-order valence-electron chi connectivity index (χ0n) is 10.8. The maximum absolute atomic E-state index is 11.4. The van der Waals surface area contributed by atoms with E-state index in [9.17, 15) is 9.90 Å². The van der Waals surface area contributed by atoms with E-state index in [1.54, 1.807) is 0 Å². The number of rotatable bonds is 5. The molecule has 5 nitrogen and oxygen atoms in total. The Hall–Kier alpha value is -2.43. The lowest BCUT2D eigenvalue weighted by molar-refractivity contribution is -0.140. The number of carbonyl (C=O) groups is 1. The van der Waals surface area contributed by atoms with Gasteiger partial charge in [0, 0.05) is 12.4 Å². The summed E-state index contributed by atoms with van der Waals surface area (Å²) in [4.78, 5) is 19.7. The fourth-order valence-corrected chi connectivity index (χ4v) is 2.16. The van der Waals surface area contributed by atoms with Crippen LogP contribution in [-0.4, -0.2) is 21.0 Å². The smallest absolute Gasteiger partial charge is 0.315 e. The zero-order chi connectivity index (χ0) is 14.0. The predicted molar refractivity (Wildman–Crippen MR) is 71.4 cm³/mol. The molecule has 2 aromatic rings. The molecule has 1 aromatic carbocycles. The largest absolute Gasteiger partial charge is 0.481 e. The first-order valence-corrected chi connectivity index (χ1v) is 6.44. The molecule has 3 rings (SSSR count). The van der Waals surface area contributed by atoms with Crippen LogP contribution in [0.2, 0.25) is 0 Å². The molecule has 1 aliphatic carbocycles. The summed E-state index contributed by atoms with van der Waals surface area (Å²) >= 11 is 0. The molecule has 1 saturated carbocycles. The predicted octanol–water partition coefficient (Wildman–Crippen LogP) is 2.17. The second-order valence-corrected chi connectivity index (χ2v) is 4.87. The lowest BCUT2D eigenvalue weighted by atomic mass is 10.0. The Morgan fingerprint density at radius 3 is 2.55 bits per heavy atom. The molecule has 1 fully saturated rings. The van der Waals surface area contributed by atoms with Crippen LogP contribution in [-0.2, 0) is 16.8 Å². The van der Waals surface area contributed by atoms with Crippen LogP contribution < -0.4 is 4.74 Å². The van der Waals surface area contributed by atoms with Crippen molar-refractivity contribution in [3.05, 3.63) is 54.0 Å². The Kier molecular flexibility index (Phi) is 3.10. The van der Waals surface area contributed by atoms with Crippen molar-refractivity contribution in [2.45, 2.75) is 24.9 Å². The van der Waals surface area contributed by atoms with Crippen LogP contribution in [0.5, 0.6) is 5.88 Å². The number of carboxylic acids is 1. The van der Waals surface area contributed by atoms with Crippen molar-refractivity contribution in [3.63, 3.8) is 0 Å². The van der Waals surface area contributed by atoms with E-state index in [-0.39, 0.29) is 0 Å². The summed E-state index contributed by atoms with van der Waals surface area (Å²) in [6.07, 6.45) is 4.20. The average Bonchev–Trinajstić information content (AvgIpc) is 3.28. The number of aliphatic carboxylic acids is 1. The molecule has 1 aliphatic rings. The topological polar surface area (TPSA) is 72.3 Å². The number of ether oxygens (including phenoxy) is 1. The summed E-state index contributed by atoms with van der Waals surface area (Å²) in [6.45, 7) is 0.349. The van der Waals surface area contributed by atoms with Crippen molar-refractivity contribution < 1.29 is 14.6 Å². The van der Waals surface area contributed by atoms with Crippen LogP contribution in [0.1, 0.15) is 24.1 Å². The van der Waals surface area contributed by atoms with Gasteiger partial charge >= 0.3 is 5.97 Å². The fraction of sp³-hybridized carbons (Fsp3) is 0.267. The molecule has 20 heavy (non-hydrogen) atoms. The lowest BCUT2D eigenvalue weighted by Gasteiger charge is -2.13. The molecule has 1 aromatic heterocycles. The van der Waals surface area contributed by atoms with Crippen LogP contribution in [0.4, 0.5) is 0 Å². The minimum absolute atomic E-state index is 0.316. The van der Waals surface area contributed by atoms with Gasteiger partial charge in [0.25, 0.3) is 0 Å². The summed E-state index contributed by atoms with van der Waals surface area (Å²) in [5.74, 6) is -0.543. The Bertz CT molecular complexity index is 624. The molecule has 0 aliphatic heterocycles. The van der Waals surface area contributed by atoms with Gasteiger partial charge in [-0.1, -0.05) is 30.3 Å². The van der Waals surface area contributed by atoms with Gasteiger partial charge in [-0.3, -0.25) is 9.78 Å². The van der Waals surface area contributed by atoms with E-state index in [2.05, 4.69) is 9.97 Å². The van der Waals surface area contributed by atoms with E-state index in [0.29, 0.717) is 31.0 Å². The van der Waals surface area contributed by atoms with Gasteiger partial charge in [0.05, 0.1) is 0 Å². The van der Waals surface area contributed by atoms with E-state index >= 15 is 0 Å². The van der Waals surface area contributed by atoms with Gasteiger partial charge < -0.3 is 9.84 Å². The third-order valence-corrected chi connectivity index (χ3v) is 3.50. The maximum Gasteiger partial charge on any atom is 0.315 e. The van der Waals surface area contributed by atoms with Gasteiger partial charge in [-0.2, -0.15) is 0 Å². The molecular formula is C15H14N2O3. The van der Waals surface area contributed by atoms with Crippen LogP contribution in [0, 0.1) is 0 Å². The van der Waals surface area contributed by atoms with E-state index < -0.39 is 11.4 Å². The second kappa shape index (κ2) is 4.92. The third-order valence-electron chi connectivity index (χ3n) is 3.50. The van der Waals surface area contributed by atoms with Gasteiger partial charge in [0.1, 0.15) is 17.7 Å². The minimum atomic E-state index is -0.902. The molecule has 0 saturated heterocycles. The van der Waals surface area contributed by atoms with E-state index in [1.165, 1.54) is 12.4 Å². The summed E-state index contributed by atoms with van der Waals surface area (Å²) in [7, 11) is 0. The molecule has 0 unspecified atom stereocenters. The van der Waals surface area contributed by atoms with Crippen molar-refractivity contribution in [1.82, 2.24) is 9.97 Å². The molecule has 0 radical (unpaired) electrons. The Morgan fingerprint density at radius 2 is 1.90 bits per heavy atom. The molecule has 1 heterocycles. The number of hydrogen-bond acceptors (Lipinski definition) is 4. The monoisotopic (exact) mass is 270 g/mol. The molecule has 0 amide bonds. The highest BCUT2D eigenvalue weighted by atomic mass is 16.5. The number of hydrogen-bond donors (Lipinski definition) is 1. The average molecular weight is 270 g/mol. The molecule has 0 atom stereocenters. The van der Waals surface area contributed by atoms with E-state index in [0.717, 1.165) is 5.56 Å². The maximum atomic E-state index is 11.4. The number of carboxylic acid groups (broad SMARTS) is 1. The van der Waals surface area contributed by atoms with Crippen molar-refractivity contribution in [2.75, 3.05) is 0 Å². The number of aromatic nitrogens is 2. The highest BCUT2D eigenvalue weighted by Crippen LogP contribution is 2.50. The van der Waals surface area contributed by atoms with Gasteiger partial charge in [0.15, 0.2) is 0 Å². The van der Waals surface area contributed by atoms with Crippen LogP contribution in [0.15, 0.2) is 42.7 Å². The molecule has 0 bridgehead atoms. The van der Waals surface area contributed by atoms with Gasteiger partial charge in [0.2, 0.25) is 5.88 Å². The Balaban J connectivity index is 1.82. The standard InChI is InChI=1S/C15H14N2O3/c18-14(19)15(6-7-15)12-13(17-9-8-16-12)20-10-11-4-2-1-3-5-11/h1-5,8-9H,6-7,10H2,(H,18,19). The first-order chi connectivity index (χ1) is 9.72. The van der Waals surface area contributed by atoms with Crippen molar-refractivity contribution >= 4 is 5.97 Å². The normalized spacial score (nSPS) is 15.6. The van der Waals surface area contributed by atoms with Crippen LogP contribution in [0.25, 0.3) is 0 Å². The van der Waals surface area contributed by atoms with Gasteiger partial charge in [-0.25, -0.2) is 4.98 Å². The quantitative estimate of drug-likeness (QED) is 0.901. The third kappa shape index (κ3) is 2.22. The number of benzene rings is 1. The fourth-order valence-electron chi connectivity index (χ4n) is 2.16. The van der Waals surface area contributed by atoms with Gasteiger partial charge in [-0.05, 0) is 18.4 Å². The summed E-state index contributed by atoms with van der Waals surface area (Å²) < 4.78 is 5.66. The summed E-state index contributed by atoms with van der Waals surface area (Å²) in [5.41, 5.74) is 0.535. The SMILES string of the molecule is O=C(O)C1(c2nccnc2OCc2ccccc2)CC1. The lowest BCUT2D eigenvalue weighted by Crippen LogP contribution is -2.22. The number of nitrogens with zero attached hydrogens (tertiary/aromatic N) is 2. The zero-order valence-corrected chi connectivity index (χ0v) is 10.8. The van der Waals surface area contributed by atoms with Crippen LogP contribution in [0.3, 0.4) is 0 Å². The van der Waals surface area contributed by atoms with E-state index in [1.807, 2.05) is 30.3 Å². The molecule has 0 spiro atoms. The van der Waals surface area contributed by atoms with E-state index in [4.69, 9.17) is 4.74 Å². The highest BCUT2D eigenvalue weighted by molar-refractivity contribution is 5.84. The highest BCUT2D eigenvalue weighted by Gasteiger charge is 2.55. The first-order valence-electron chi connectivity index (χ1n) is 6.44. The van der Waals surface area contributed by atoms with Crippen molar-refractivity contribution in [3.8, 4) is 5.88 Å². The molecular weight excluding hydrogens is 256 g/mol. The Morgan fingerprint density at radius 1 is 1.20 bits per heavy atom. The summed E-state index contributed by atoms with van der Waals surface area (Å²) in [6, 6.07) is 9.67. The van der Waals surface area contributed by atoms with Crippen LogP contribution >= 0.6 is 0 Å².